The summed E-state index contributed by atoms with van der Waals surface area (Å²) in [7, 11) is 0. The summed E-state index contributed by atoms with van der Waals surface area (Å²) in [5, 5.41) is 21.2. The van der Waals surface area contributed by atoms with E-state index < -0.39 is 12.5 Å². The highest BCUT2D eigenvalue weighted by Crippen LogP contribution is 2.27. The van der Waals surface area contributed by atoms with Crippen molar-refractivity contribution in [2.75, 3.05) is 24.5 Å². The van der Waals surface area contributed by atoms with Crippen molar-refractivity contribution in [3.05, 3.63) is 29.3 Å². The van der Waals surface area contributed by atoms with Crippen molar-refractivity contribution in [3.8, 4) is 0 Å². The third-order valence-electron chi connectivity index (χ3n) is 4.32. The molecule has 1 aromatic carbocycles. The van der Waals surface area contributed by atoms with Gasteiger partial charge in [0.05, 0.1) is 13.1 Å². The second kappa shape index (κ2) is 6.76. The minimum absolute atomic E-state index is 0.158. The molecule has 1 saturated heterocycles. The summed E-state index contributed by atoms with van der Waals surface area (Å²) in [4.78, 5) is 26.1. The van der Waals surface area contributed by atoms with Gasteiger partial charge >= 0.3 is 6.09 Å². The minimum atomic E-state index is -1.46. The second-order valence-electron chi connectivity index (χ2n) is 6.07. The molecule has 0 radical (unpaired) electrons. The summed E-state index contributed by atoms with van der Waals surface area (Å²) in [5.41, 5.74) is 2.85. The molecular weight excluding hydrogens is 314 g/mol. The molecule has 2 amide bonds. The number of nitrogens with one attached hydrogen (secondary N) is 1. The Hall–Kier alpha value is -2.16. The van der Waals surface area contributed by atoms with Gasteiger partial charge in [-0.3, -0.25) is 14.6 Å². The first-order valence-electron chi connectivity index (χ1n) is 7.88. The molecule has 0 bridgehead atoms. The Morgan fingerprint density at radius 3 is 2.92 bits per heavy atom. The fraction of sp³-hybridized carbons (Fsp3) is 0.500. The number of ether oxygens (including phenoxy) is 1. The normalized spacial score (nSPS) is 20.9. The number of hydrogen-bond acceptors (Lipinski definition) is 6. The van der Waals surface area contributed by atoms with Gasteiger partial charge in [0.2, 0.25) is 12.3 Å². The standard InChI is InChI=1S/C16H21N3O5/c1-10(20)17-7-14-9-19(16(23)24-14)13-3-2-12-8-18(15(21)22)5-4-11(12)6-13/h2-3,6,14-15,21-22H,4-5,7-9H2,1H3,(H,17,20). The zero-order chi connectivity index (χ0) is 17.3. The highest BCUT2D eigenvalue weighted by Gasteiger charge is 2.33. The summed E-state index contributed by atoms with van der Waals surface area (Å²) in [6.07, 6.45) is -1.56. The molecule has 1 aromatic rings. The molecule has 1 atom stereocenters. The van der Waals surface area contributed by atoms with Crippen molar-refractivity contribution in [1.29, 1.82) is 0 Å². The molecule has 0 spiro atoms. The number of amides is 2. The molecule has 24 heavy (non-hydrogen) atoms. The number of rotatable bonds is 4. The average Bonchev–Trinajstić information content (AvgIpc) is 2.92. The second-order valence-corrected chi connectivity index (χ2v) is 6.07. The molecule has 8 nitrogen and oxygen atoms in total. The van der Waals surface area contributed by atoms with E-state index in [2.05, 4.69) is 5.32 Å². The van der Waals surface area contributed by atoms with Gasteiger partial charge in [0.25, 0.3) is 0 Å². The van der Waals surface area contributed by atoms with Crippen LogP contribution < -0.4 is 10.2 Å². The zero-order valence-electron chi connectivity index (χ0n) is 13.4. The van der Waals surface area contributed by atoms with Crippen molar-refractivity contribution >= 4 is 17.7 Å². The van der Waals surface area contributed by atoms with Crippen LogP contribution in [0.25, 0.3) is 0 Å². The molecule has 0 aliphatic carbocycles. The van der Waals surface area contributed by atoms with Crippen molar-refractivity contribution in [2.24, 2.45) is 0 Å². The van der Waals surface area contributed by atoms with Crippen LogP contribution in [0.3, 0.4) is 0 Å². The highest BCUT2D eigenvalue weighted by molar-refractivity contribution is 5.90. The number of fused-ring (bicyclic) bond motifs is 1. The van der Waals surface area contributed by atoms with Crippen LogP contribution in [-0.2, 0) is 22.5 Å². The fourth-order valence-corrected chi connectivity index (χ4v) is 3.02. The quantitative estimate of drug-likeness (QED) is 0.657. The lowest BCUT2D eigenvalue weighted by atomic mass is 9.99. The topological polar surface area (TPSA) is 102 Å². The zero-order valence-corrected chi connectivity index (χ0v) is 13.4. The average molecular weight is 335 g/mol. The molecule has 130 valence electrons. The Labute approximate surface area is 139 Å². The van der Waals surface area contributed by atoms with Gasteiger partial charge in [0.1, 0.15) is 6.10 Å². The van der Waals surface area contributed by atoms with Crippen LogP contribution in [0.4, 0.5) is 10.5 Å². The number of benzene rings is 1. The molecule has 0 aromatic heterocycles. The van der Waals surface area contributed by atoms with E-state index in [1.807, 2.05) is 18.2 Å². The lowest BCUT2D eigenvalue weighted by Crippen LogP contribution is -2.39. The van der Waals surface area contributed by atoms with E-state index in [4.69, 9.17) is 4.74 Å². The lowest BCUT2D eigenvalue weighted by molar-refractivity contribution is -0.160. The van der Waals surface area contributed by atoms with E-state index in [9.17, 15) is 19.8 Å². The van der Waals surface area contributed by atoms with Crippen LogP contribution in [0.5, 0.6) is 0 Å². The maximum absolute atomic E-state index is 12.1. The van der Waals surface area contributed by atoms with Crippen molar-refractivity contribution in [2.45, 2.75) is 32.4 Å². The number of aliphatic hydroxyl groups is 2. The Morgan fingerprint density at radius 2 is 2.21 bits per heavy atom. The molecule has 1 fully saturated rings. The number of aliphatic hydroxyl groups excluding tert-OH is 1. The first-order valence-corrected chi connectivity index (χ1v) is 7.88. The van der Waals surface area contributed by atoms with E-state index in [0.717, 1.165) is 16.8 Å². The Morgan fingerprint density at radius 1 is 1.42 bits per heavy atom. The minimum Gasteiger partial charge on any atom is -0.442 e. The van der Waals surface area contributed by atoms with Gasteiger partial charge in [-0.15, -0.1) is 0 Å². The molecule has 3 rings (SSSR count). The van der Waals surface area contributed by atoms with Gasteiger partial charge in [-0.25, -0.2) is 4.79 Å². The molecule has 3 N–H and O–H groups in total. The van der Waals surface area contributed by atoms with Crippen LogP contribution in [0.1, 0.15) is 18.1 Å². The summed E-state index contributed by atoms with van der Waals surface area (Å²) < 4.78 is 5.27. The van der Waals surface area contributed by atoms with E-state index >= 15 is 0 Å². The number of carbonyl (C=O) groups excluding carboxylic acids is 2. The van der Waals surface area contributed by atoms with Gasteiger partial charge in [0, 0.05) is 25.7 Å². The number of carbonyl (C=O) groups is 2. The van der Waals surface area contributed by atoms with Crippen LogP contribution in [0, 0.1) is 0 Å². The molecule has 2 aliphatic rings. The summed E-state index contributed by atoms with van der Waals surface area (Å²) in [6.45, 7) is 3.11. The Balaban J connectivity index is 1.70. The lowest BCUT2D eigenvalue weighted by Gasteiger charge is -2.30. The molecule has 1 unspecified atom stereocenters. The van der Waals surface area contributed by atoms with Crippen molar-refractivity contribution in [1.82, 2.24) is 10.2 Å². The fourth-order valence-electron chi connectivity index (χ4n) is 3.02. The maximum atomic E-state index is 12.1. The third-order valence-corrected chi connectivity index (χ3v) is 4.32. The first kappa shape index (κ1) is 16.7. The van der Waals surface area contributed by atoms with E-state index in [0.29, 0.717) is 32.6 Å². The number of hydrogen-bond donors (Lipinski definition) is 3. The Kier molecular flexibility index (Phi) is 4.70. The van der Waals surface area contributed by atoms with Crippen LogP contribution in [0.15, 0.2) is 18.2 Å². The van der Waals surface area contributed by atoms with E-state index in [-0.39, 0.29) is 12.0 Å². The van der Waals surface area contributed by atoms with Gasteiger partial charge < -0.3 is 20.3 Å². The first-order chi connectivity index (χ1) is 11.4. The van der Waals surface area contributed by atoms with Crippen molar-refractivity contribution in [3.63, 3.8) is 0 Å². The predicted molar refractivity (Wildman–Crippen MR) is 85.1 cm³/mol. The monoisotopic (exact) mass is 335 g/mol. The van der Waals surface area contributed by atoms with Crippen LogP contribution >= 0.6 is 0 Å². The van der Waals surface area contributed by atoms with Gasteiger partial charge in [-0.05, 0) is 29.7 Å². The van der Waals surface area contributed by atoms with Crippen molar-refractivity contribution < 1.29 is 24.5 Å². The largest absolute Gasteiger partial charge is 0.442 e. The van der Waals surface area contributed by atoms with Gasteiger partial charge in [0.15, 0.2) is 0 Å². The van der Waals surface area contributed by atoms with Crippen LogP contribution in [-0.4, -0.2) is 59.3 Å². The molecule has 8 heteroatoms. The SMILES string of the molecule is CC(=O)NCC1CN(c2ccc3c(c2)CCN(C(O)O)C3)C(=O)O1. The van der Waals surface area contributed by atoms with Gasteiger partial charge in [-0.1, -0.05) is 6.07 Å². The summed E-state index contributed by atoms with van der Waals surface area (Å²) in [5.74, 6) is -0.158. The smallest absolute Gasteiger partial charge is 0.414 e. The molecule has 2 aliphatic heterocycles. The van der Waals surface area contributed by atoms with Gasteiger partial charge in [-0.2, -0.15) is 0 Å². The van der Waals surface area contributed by atoms with E-state index in [1.54, 1.807) is 9.80 Å². The summed E-state index contributed by atoms with van der Waals surface area (Å²) in [6, 6.07) is 5.67. The maximum Gasteiger partial charge on any atom is 0.414 e. The highest BCUT2D eigenvalue weighted by atomic mass is 16.6. The molecule has 2 heterocycles. The van der Waals surface area contributed by atoms with Crippen LogP contribution in [0.2, 0.25) is 0 Å². The summed E-state index contributed by atoms with van der Waals surface area (Å²) >= 11 is 0. The van der Waals surface area contributed by atoms with E-state index in [1.165, 1.54) is 6.92 Å². The predicted octanol–water partition coefficient (Wildman–Crippen LogP) is -0.226. The number of anilines is 1. The number of cyclic esters (lactones) is 1. The molecular formula is C16H21N3O5. The Bertz CT molecular complexity index is 649. The molecule has 0 saturated carbocycles. The number of nitrogens with zero attached hydrogens (tertiary/aromatic N) is 2. The third kappa shape index (κ3) is 3.50.